The third-order valence-corrected chi connectivity index (χ3v) is 4.24. The Morgan fingerprint density at radius 3 is 2.79 bits per heavy atom. The van der Waals surface area contributed by atoms with Gasteiger partial charge in [-0.2, -0.15) is 0 Å². The summed E-state index contributed by atoms with van der Waals surface area (Å²) in [6.07, 6.45) is 4.82. The van der Waals surface area contributed by atoms with Crippen molar-refractivity contribution < 1.29 is 9.15 Å². The van der Waals surface area contributed by atoms with Crippen molar-refractivity contribution in [1.29, 1.82) is 0 Å². The van der Waals surface area contributed by atoms with E-state index in [0.717, 1.165) is 34.5 Å². The number of ether oxygens (including phenoxy) is 1. The third kappa shape index (κ3) is 2.52. The van der Waals surface area contributed by atoms with Crippen LogP contribution in [0.25, 0.3) is 11.5 Å². The molecule has 0 N–H and O–H groups in total. The maximum absolute atomic E-state index is 5.83. The summed E-state index contributed by atoms with van der Waals surface area (Å²) in [5, 5.41) is 8.36. The number of rotatable bonds is 3. The lowest BCUT2D eigenvalue weighted by Crippen LogP contribution is -1.91. The molecule has 0 saturated heterocycles. The minimum absolute atomic E-state index is 0.436. The van der Waals surface area contributed by atoms with Crippen molar-refractivity contribution in [2.24, 2.45) is 0 Å². The van der Waals surface area contributed by atoms with Crippen LogP contribution in [0.1, 0.15) is 37.5 Å². The van der Waals surface area contributed by atoms with E-state index < -0.39 is 0 Å². The van der Waals surface area contributed by atoms with Crippen molar-refractivity contribution in [3.8, 4) is 17.2 Å². The molecule has 1 fully saturated rings. The lowest BCUT2D eigenvalue weighted by Gasteiger charge is -2.04. The minimum atomic E-state index is 0.436. The first-order chi connectivity index (χ1) is 9.28. The summed E-state index contributed by atoms with van der Waals surface area (Å²) >= 11 is 3.51. The van der Waals surface area contributed by atoms with E-state index in [-0.39, 0.29) is 0 Å². The number of halogens is 1. The van der Waals surface area contributed by atoms with E-state index in [4.69, 9.17) is 9.15 Å². The van der Waals surface area contributed by atoms with Gasteiger partial charge in [0.15, 0.2) is 0 Å². The van der Waals surface area contributed by atoms with Crippen LogP contribution in [0.4, 0.5) is 0 Å². The first-order valence-corrected chi connectivity index (χ1v) is 7.24. The summed E-state index contributed by atoms with van der Waals surface area (Å²) in [5.41, 5.74) is 0.871. The van der Waals surface area contributed by atoms with Gasteiger partial charge in [0.1, 0.15) is 5.75 Å². The van der Waals surface area contributed by atoms with Crippen molar-refractivity contribution in [3.63, 3.8) is 0 Å². The Morgan fingerprint density at radius 2 is 2.05 bits per heavy atom. The molecule has 1 aromatic heterocycles. The van der Waals surface area contributed by atoms with Gasteiger partial charge in [0.25, 0.3) is 0 Å². The Balaban J connectivity index is 1.93. The van der Waals surface area contributed by atoms with E-state index in [9.17, 15) is 0 Å². The maximum Gasteiger partial charge on any atom is 0.249 e. The molecule has 0 amide bonds. The average Bonchev–Trinajstić information content (AvgIpc) is 3.10. The molecule has 5 heteroatoms. The molecule has 1 aliphatic rings. The van der Waals surface area contributed by atoms with E-state index >= 15 is 0 Å². The maximum atomic E-state index is 5.83. The third-order valence-electron chi connectivity index (χ3n) is 3.55. The lowest BCUT2D eigenvalue weighted by molar-refractivity contribution is 0.414. The minimum Gasteiger partial charge on any atom is -0.497 e. The summed E-state index contributed by atoms with van der Waals surface area (Å²) in [4.78, 5) is 0. The normalized spacial score (nSPS) is 15.9. The van der Waals surface area contributed by atoms with E-state index in [0.29, 0.717) is 11.8 Å². The van der Waals surface area contributed by atoms with Crippen LogP contribution >= 0.6 is 15.9 Å². The largest absolute Gasteiger partial charge is 0.497 e. The zero-order valence-electron chi connectivity index (χ0n) is 10.7. The Bertz CT molecular complexity index is 577. The number of hydrogen-bond acceptors (Lipinski definition) is 4. The first kappa shape index (κ1) is 12.7. The zero-order valence-corrected chi connectivity index (χ0v) is 12.3. The molecule has 2 aromatic rings. The first-order valence-electron chi connectivity index (χ1n) is 6.45. The zero-order chi connectivity index (χ0) is 13.2. The second-order valence-electron chi connectivity index (χ2n) is 4.77. The smallest absolute Gasteiger partial charge is 0.249 e. The molecule has 0 aliphatic heterocycles. The molecule has 1 aliphatic carbocycles. The summed E-state index contributed by atoms with van der Waals surface area (Å²) in [6.45, 7) is 0. The Labute approximate surface area is 120 Å². The van der Waals surface area contributed by atoms with Crippen LogP contribution in [0.2, 0.25) is 0 Å². The van der Waals surface area contributed by atoms with Gasteiger partial charge in [-0.1, -0.05) is 12.8 Å². The van der Waals surface area contributed by atoms with E-state index in [1.54, 1.807) is 7.11 Å². The molecule has 0 unspecified atom stereocenters. The fourth-order valence-electron chi connectivity index (χ4n) is 2.48. The molecule has 1 aromatic carbocycles. The van der Waals surface area contributed by atoms with Crippen LogP contribution in [-0.4, -0.2) is 17.3 Å². The van der Waals surface area contributed by atoms with Gasteiger partial charge in [-0.05, 0) is 47.0 Å². The summed E-state index contributed by atoms with van der Waals surface area (Å²) in [7, 11) is 1.64. The number of aromatic nitrogens is 2. The van der Waals surface area contributed by atoms with E-state index in [1.165, 1.54) is 12.8 Å². The van der Waals surface area contributed by atoms with Crippen molar-refractivity contribution in [2.45, 2.75) is 31.6 Å². The molecule has 100 valence electrons. The van der Waals surface area contributed by atoms with Crippen LogP contribution in [-0.2, 0) is 0 Å². The quantitative estimate of drug-likeness (QED) is 0.851. The second-order valence-corrected chi connectivity index (χ2v) is 5.63. The van der Waals surface area contributed by atoms with Crippen LogP contribution in [0, 0.1) is 0 Å². The fourth-order valence-corrected chi connectivity index (χ4v) is 2.89. The molecule has 0 atom stereocenters. The van der Waals surface area contributed by atoms with E-state index in [2.05, 4.69) is 26.1 Å². The molecule has 1 saturated carbocycles. The topological polar surface area (TPSA) is 48.2 Å². The highest BCUT2D eigenvalue weighted by Crippen LogP contribution is 2.36. The predicted octanol–water partition coefficient (Wildman–Crippen LogP) is 4.17. The highest BCUT2D eigenvalue weighted by atomic mass is 79.9. The fraction of sp³-hybridized carbons (Fsp3) is 0.429. The summed E-state index contributed by atoms with van der Waals surface area (Å²) < 4.78 is 12.0. The second kappa shape index (κ2) is 5.33. The van der Waals surface area contributed by atoms with Crippen LogP contribution in [0.15, 0.2) is 27.1 Å². The van der Waals surface area contributed by atoms with Gasteiger partial charge < -0.3 is 9.15 Å². The number of hydrogen-bond donors (Lipinski definition) is 0. The molecule has 1 heterocycles. The molecule has 4 nitrogen and oxygen atoms in total. The highest BCUT2D eigenvalue weighted by Gasteiger charge is 2.23. The van der Waals surface area contributed by atoms with Gasteiger partial charge >= 0.3 is 0 Å². The number of benzene rings is 1. The van der Waals surface area contributed by atoms with Crippen molar-refractivity contribution >= 4 is 15.9 Å². The molecular weight excluding hydrogens is 308 g/mol. The Kier molecular flexibility index (Phi) is 3.55. The van der Waals surface area contributed by atoms with Gasteiger partial charge in [0, 0.05) is 10.4 Å². The average molecular weight is 323 g/mol. The van der Waals surface area contributed by atoms with Gasteiger partial charge in [-0.3, -0.25) is 0 Å². The van der Waals surface area contributed by atoms with Crippen LogP contribution in [0.3, 0.4) is 0 Å². The Morgan fingerprint density at radius 1 is 1.26 bits per heavy atom. The van der Waals surface area contributed by atoms with Crippen LogP contribution < -0.4 is 4.74 Å². The summed E-state index contributed by atoms with van der Waals surface area (Å²) in [5.74, 6) is 2.53. The van der Waals surface area contributed by atoms with Gasteiger partial charge in [-0.25, -0.2) is 0 Å². The van der Waals surface area contributed by atoms with Gasteiger partial charge in [0.05, 0.1) is 12.7 Å². The van der Waals surface area contributed by atoms with Crippen molar-refractivity contribution in [1.82, 2.24) is 10.2 Å². The highest BCUT2D eigenvalue weighted by molar-refractivity contribution is 9.10. The SMILES string of the molecule is COc1ccc(Br)c(-c2nnc(C3CCCC3)o2)c1. The van der Waals surface area contributed by atoms with E-state index in [1.807, 2.05) is 18.2 Å². The van der Waals surface area contributed by atoms with Gasteiger partial charge in [-0.15, -0.1) is 10.2 Å². The lowest BCUT2D eigenvalue weighted by atomic mass is 10.1. The molecular formula is C14H15BrN2O2. The molecule has 0 radical (unpaired) electrons. The van der Waals surface area contributed by atoms with Crippen LogP contribution in [0.5, 0.6) is 5.75 Å². The summed E-state index contributed by atoms with van der Waals surface area (Å²) in [6, 6.07) is 5.71. The monoisotopic (exact) mass is 322 g/mol. The number of methoxy groups -OCH3 is 1. The Hall–Kier alpha value is -1.36. The predicted molar refractivity (Wildman–Crippen MR) is 75.2 cm³/mol. The van der Waals surface area contributed by atoms with Crippen molar-refractivity contribution in [3.05, 3.63) is 28.6 Å². The van der Waals surface area contributed by atoms with Crippen molar-refractivity contribution in [2.75, 3.05) is 7.11 Å². The molecule has 19 heavy (non-hydrogen) atoms. The molecule has 3 rings (SSSR count). The standard InChI is InChI=1S/C14H15BrN2O2/c1-18-10-6-7-12(15)11(8-10)14-17-16-13(19-14)9-4-2-3-5-9/h6-9H,2-5H2,1H3. The molecule has 0 bridgehead atoms. The number of nitrogens with zero attached hydrogens (tertiary/aromatic N) is 2. The van der Waals surface area contributed by atoms with Gasteiger partial charge in [0.2, 0.25) is 11.8 Å². The molecule has 0 spiro atoms.